The Morgan fingerprint density at radius 2 is 2.26 bits per heavy atom. The van der Waals surface area contributed by atoms with Gasteiger partial charge in [0.15, 0.2) is 0 Å². The highest BCUT2D eigenvalue weighted by molar-refractivity contribution is 7.16. The van der Waals surface area contributed by atoms with Gasteiger partial charge in [-0.2, -0.15) is 0 Å². The van der Waals surface area contributed by atoms with Crippen molar-refractivity contribution >= 4 is 22.9 Å². The molecular weight excluding hydrogens is 276 g/mol. The normalized spacial score (nSPS) is 32.3. The van der Waals surface area contributed by atoms with Gasteiger partial charge in [-0.3, -0.25) is 0 Å². The Labute approximate surface area is 125 Å². The molecule has 2 aliphatic rings. The first kappa shape index (κ1) is 13.9. The molecule has 1 saturated heterocycles. The summed E-state index contributed by atoms with van der Waals surface area (Å²) in [6.07, 6.45) is 6.31. The lowest BCUT2D eigenvalue weighted by molar-refractivity contribution is 0.160. The number of hydrogen-bond donors (Lipinski definition) is 1. The van der Waals surface area contributed by atoms with E-state index in [1.54, 1.807) is 11.3 Å². The molecule has 0 radical (unpaired) electrons. The number of aryl methyl sites for hydroxylation is 1. The predicted molar refractivity (Wildman–Crippen MR) is 83.3 cm³/mol. The van der Waals surface area contributed by atoms with Gasteiger partial charge in [0.1, 0.15) is 0 Å². The van der Waals surface area contributed by atoms with Crippen LogP contribution in [0.1, 0.15) is 49.1 Å². The molecule has 1 aromatic heterocycles. The molecule has 106 valence electrons. The maximum Gasteiger partial charge on any atom is 0.0934 e. The lowest BCUT2D eigenvalue weighted by Crippen LogP contribution is -2.46. The molecule has 2 nitrogen and oxygen atoms in total. The Balaban J connectivity index is 1.68. The molecule has 1 aliphatic carbocycles. The molecule has 3 rings (SSSR count). The van der Waals surface area contributed by atoms with Crippen LogP contribution in [-0.2, 0) is 6.42 Å². The summed E-state index contributed by atoms with van der Waals surface area (Å²) in [5, 5.41) is 3.90. The third kappa shape index (κ3) is 2.99. The van der Waals surface area contributed by atoms with Crippen molar-refractivity contribution in [2.75, 3.05) is 13.6 Å². The Kier molecular flexibility index (Phi) is 4.18. The summed E-state index contributed by atoms with van der Waals surface area (Å²) in [6, 6.07) is 4.09. The molecule has 0 bridgehead atoms. The smallest absolute Gasteiger partial charge is 0.0934 e. The number of nitrogens with zero attached hydrogens (tertiary/aromatic N) is 1. The third-order valence-electron chi connectivity index (χ3n) is 4.73. The Hall–Kier alpha value is -0.0900. The molecule has 0 saturated carbocycles. The van der Waals surface area contributed by atoms with Crippen LogP contribution in [0.5, 0.6) is 0 Å². The molecule has 1 N–H and O–H groups in total. The summed E-state index contributed by atoms with van der Waals surface area (Å²) < 4.78 is 0.954. The van der Waals surface area contributed by atoms with Gasteiger partial charge in [0.05, 0.1) is 4.34 Å². The zero-order chi connectivity index (χ0) is 13.4. The first-order chi connectivity index (χ1) is 9.13. The van der Waals surface area contributed by atoms with Crippen molar-refractivity contribution in [3.8, 4) is 0 Å². The zero-order valence-corrected chi connectivity index (χ0v) is 13.4. The maximum atomic E-state index is 6.19. The number of hydrogen-bond acceptors (Lipinski definition) is 3. The summed E-state index contributed by atoms with van der Waals surface area (Å²) in [5.74, 6) is 0. The van der Waals surface area contributed by atoms with E-state index in [2.05, 4.69) is 30.3 Å². The number of nitrogens with one attached hydrogen (secondary N) is 1. The van der Waals surface area contributed by atoms with Gasteiger partial charge >= 0.3 is 0 Å². The quantitative estimate of drug-likeness (QED) is 0.892. The van der Waals surface area contributed by atoms with E-state index < -0.39 is 0 Å². The van der Waals surface area contributed by atoms with Gasteiger partial charge in [0, 0.05) is 23.0 Å². The number of rotatable bonds is 2. The first-order valence-corrected chi connectivity index (χ1v) is 8.57. The molecule has 3 unspecified atom stereocenters. The highest BCUT2D eigenvalue weighted by Crippen LogP contribution is 2.38. The zero-order valence-electron chi connectivity index (χ0n) is 11.8. The van der Waals surface area contributed by atoms with Gasteiger partial charge in [-0.25, -0.2) is 0 Å². The third-order valence-corrected chi connectivity index (χ3v) is 6.07. The second kappa shape index (κ2) is 5.72. The van der Waals surface area contributed by atoms with Gasteiger partial charge in [-0.1, -0.05) is 11.6 Å². The fourth-order valence-electron chi connectivity index (χ4n) is 3.42. The van der Waals surface area contributed by atoms with Crippen LogP contribution in [0.15, 0.2) is 6.07 Å². The fourth-order valence-corrected chi connectivity index (χ4v) is 4.80. The van der Waals surface area contributed by atoms with E-state index in [9.17, 15) is 0 Å². The molecule has 19 heavy (non-hydrogen) atoms. The number of likely N-dealkylation sites (tertiary alicyclic amines) is 1. The van der Waals surface area contributed by atoms with E-state index in [4.69, 9.17) is 11.6 Å². The van der Waals surface area contributed by atoms with Crippen molar-refractivity contribution in [3.05, 3.63) is 20.8 Å². The first-order valence-electron chi connectivity index (χ1n) is 7.38. The fraction of sp³-hybridized carbons (Fsp3) is 0.733. The second-order valence-corrected chi connectivity index (χ2v) is 7.86. The highest BCUT2D eigenvalue weighted by Gasteiger charge is 2.28. The van der Waals surface area contributed by atoms with E-state index in [0.29, 0.717) is 18.1 Å². The topological polar surface area (TPSA) is 15.3 Å². The molecule has 2 heterocycles. The van der Waals surface area contributed by atoms with Crippen LogP contribution in [0.2, 0.25) is 4.34 Å². The Morgan fingerprint density at radius 3 is 3.05 bits per heavy atom. The summed E-state index contributed by atoms with van der Waals surface area (Å²) in [7, 11) is 2.23. The minimum absolute atomic E-state index is 0.535. The van der Waals surface area contributed by atoms with Crippen molar-refractivity contribution in [2.45, 2.75) is 57.2 Å². The van der Waals surface area contributed by atoms with Gasteiger partial charge in [0.25, 0.3) is 0 Å². The summed E-state index contributed by atoms with van der Waals surface area (Å²) >= 11 is 7.96. The molecule has 3 atom stereocenters. The van der Waals surface area contributed by atoms with E-state index in [1.807, 2.05) is 0 Å². The van der Waals surface area contributed by atoms with Gasteiger partial charge in [0.2, 0.25) is 0 Å². The lowest BCUT2D eigenvalue weighted by Gasteiger charge is -2.38. The summed E-state index contributed by atoms with van der Waals surface area (Å²) in [6.45, 7) is 3.55. The van der Waals surface area contributed by atoms with Gasteiger partial charge in [-0.15, -0.1) is 11.3 Å². The van der Waals surface area contributed by atoms with Crippen LogP contribution in [0.3, 0.4) is 0 Å². The minimum Gasteiger partial charge on any atom is -0.307 e. The van der Waals surface area contributed by atoms with E-state index in [0.717, 1.165) is 4.34 Å². The predicted octanol–water partition coefficient (Wildman–Crippen LogP) is 3.85. The molecule has 0 amide bonds. The molecule has 1 fully saturated rings. The van der Waals surface area contributed by atoms with Gasteiger partial charge in [-0.05, 0) is 64.3 Å². The van der Waals surface area contributed by atoms with Crippen LogP contribution in [0.25, 0.3) is 0 Å². The molecular formula is C15H23ClN2S. The molecule has 4 heteroatoms. The molecule has 0 spiro atoms. The van der Waals surface area contributed by atoms with Crippen LogP contribution in [0, 0.1) is 0 Å². The van der Waals surface area contributed by atoms with Crippen LogP contribution in [0.4, 0.5) is 0 Å². The lowest BCUT2D eigenvalue weighted by atomic mass is 9.91. The highest BCUT2D eigenvalue weighted by atomic mass is 35.5. The summed E-state index contributed by atoms with van der Waals surface area (Å²) in [5.41, 5.74) is 1.48. The minimum atomic E-state index is 0.535. The van der Waals surface area contributed by atoms with Crippen LogP contribution in [-0.4, -0.2) is 30.6 Å². The number of piperidine rings is 1. The van der Waals surface area contributed by atoms with Crippen LogP contribution < -0.4 is 5.32 Å². The maximum absolute atomic E-state index is 6.19. The monoisotopic (exact) mass is 298 g/mol. The van der Waals surface area contributed by atoms with Crippen molar-refractivity contribution in [1.29, 1.82) is 0 Å². The molecule has 0 aromatic carbocycles. The largest absolute Gasteiger partial charge is 0.307 e. The average Bonchev–Trinajstić information content (AvgIpc) is 2.75. The van der Waals surface area contributed by atoms with Crippen molar-refractivity contribution < 1.29 is 0 Å². The molecule has 1 aromatic rings. The SMILES string of the molecule is CC1CC(NC2CCCc3sc(Cl)cc32)CCN1C. The number of fused-ring (bicyclic) bond motifs is 1. The van der Waals surface area contributed by atoms with Crippen LogP contribution >= 0.6 is 22.9 Å². The Bertz CT molecular complexity index is 445. The van der Waals surface area contributed by atoms with E-state index >= 15 is 0 Å². The average molecular weight is 299 g/mol. The second-order valence-electron chi connectivity index (χ2n) is 6.09. The van der Waals surface area contributed by atoms with Gasteiger partial charge < -0.3 is 10.2 Å². The van der Waals surface area contributed by atoms with Crippen molar-refractivity contribution in [1.82, 2.24) is 10.2 Å². The Morgan fingerprint density at radius 1 is 1.42 bits per heavy atom. The standard InChI is InChI=1S/C15H23ClN2S/c1-10-8-11(6-7-18(10)2)17-13-4-3-5-14-12(13)9-15(16)19-14/h9-11,13,17H,3-8H2,1-2H3. The van der Waals surface area contributed by atoms with Crippen molar-refractivity contribution in [3.63, 3.8) is 0 Å². The van der Waals surface area contributed by atoms with E-state index in [-0.39, 0.29) is 0 Å². The van der Waals surface area contributed by atoms with Crippen molar-refractivity contribution in [2.24, 2.45) is 0 Å². The number of halogens is 1. The summed E-state index contributed by atoms with van der Waals surface area (Å²) in [4.78, 5) is 3.97. The van der Waals surface area contributed by atoms with E-state index in [1.165, 1.54) is 49.1 Å². The molecule has 1 aliphatic heterocycles. The number of thiophene rings is 1.